The fraction of sp³-hybridized carbons (Fsp3) is 0.444. The lowest BCUT2D eigenvalue weighted by Crippen LogP contribution is -2.48. The summed E-state index contributed by atoms with van der Waals surface area (Å²) in [4.78, 5) is 14.0. The zero-order chi connectivity index (χ0) is 19.2. The summed E-state index contributed by atoms with van der Waals surface area (Å²) in [5, 5.41) is 9.66. The second kappa shape index (κ2) is 6.65. The highest BCUT2D eigenvalue weighted by Crippen LogP contribution is 2.29. The summed E-state index contributed by atoms with van der Waals surface area (Å²) in [6, 6.07) is 6.02. The first-order valence-corrected chi connectivity index (χ1v) is 10.5. The van der Waals surface area contributed by atoms with E-state index in [0.29, 0.717) is 48.9 Å². The van der Waals surface area contributed by atoms with E-state index in [4.69, 9.17) is 0 Å². The molecule has 0 bridgehead atoms. The Kier molecular flexibility index (Phi) is 4.43. The van der Waals surface area contributed by atoms with Crippen LogP contribution in [0.25, 0.3) is 0 Å². The number of anilines is 2. The molecule has 0 atom stereocenters. The number of amides is 1. The van der Waals surface area contributed by atoms with Crippen LogP contribution in [0.3, 0.4) is 0 Å². The maximum atomic E-state index is 13.0. The first-order chi connectivity index (χ1) is 12.9. The molecule has 0 unspecified atom stereocenters. The molecule has 4 rings (SSSR count). The molecule has 0 radical (unpaired) electrons. The maximum Gasteiger partial charge on any atom is 0.246 e. The van der Waals surface area contributed by atoms with Crippen LogP contribution in [-0.2, 0) is 21.2 Å². The van der Waals surface area contributed by atoms with Crippen molar-refractivity contribution in [1.82, 2.24) is 14.5 Å². The highest BCUT2D eigenvalue weighted by molar-refractivity contribution is 7.89. The Bertz CT molecular complexity index is 971. The maximum absolute atomic E-state index is 13.0. The molecule has 2 aromatic rings. The van der Waals surface area contributed by atoms with E-state index in [1.54, 1.807) is 13.8 Å². The van der Waals surface area contributed by atoms with Crippen molar-refractivity contribution < 1.29 is 13.2 Å². The number of hydrogen-bond donors (Lipinski definition) is 2. The van der Waals surface area contributed by atoms with Crippen LogP contribution in [0.1, 0.15) is 23.4 Å². The number of H-pyrrole nitrogens is 1. The normalized spacial score (nSPS) is 18.3. The average molecular weight is 389 g/mol. The summed E-state index contributed by atoms with van der Waals surface area (Å²) in [6.07, 6.45) is 1.24. The summed E-state index contributed by atoms with van der Waals surface area (Å²) >= 11 is 0. The van der Waals surface area contributed by atoms with Gasteiger partial charge in [0, 0.05) is 44.0 Å². The van der Waals surface area contributed by atoms with E-state index in [9.17, 15) is 13.2 Å². The molecule has 0 saturated carbocycles. The second-order valence-corrected chi connectivity index (χ2v) is 8.92. The quantitative estimate of drug-likeness (QED) is 0.827. The van der Waals surface area contributed by atoms with Gasteiger partial charge in [-0.1, -0.05) is 0 Å². The molecular formula is C18H23N5O3S. The first-order valence-electron chi connectivity index (χ1n) is 9.06. The highest BCUT2D eigenvalue weighted by atomic mass is 32.2. The number of nitrogens with one attached hydrogen (secondary N) is 2. The molecule has 1 fully saturated rings. The largest absolute Gasteiger partial charge is 0.369 e. The minimum absolute atomic E-state index is 0.0545. The molecule has 2 aliphatic rings. The molecule has 9 heteroatoms. The van der Waals surface area contributed by atoms with Gasteiger partial charge in [-0.15, -0.1) is 0 Å². The van der Waals surface area contributed by atoms with Crippen molar-refractivity contribution in [3.8, 4) is 0 Å². The van der Waals surface area contributed by atoms with E-state index >= 15 is 0 Å². The predicted octanol–water partition coefficient (Wildman–Crippen LogP) is 1.42. The van der Waals surface area contributed by atoms with Crippen molar-refractivity contribution in [2.45, 2.75) is 31.6 Å². The van der Waals surface area contributed by atoms with Gasteiger partial charge >= 0.3 is 0 Å². The summed E-state index contributed by atoms with van der Waals surface area (Å²) in [5.41, 5.74) is 4.16. The number of sulfonamides is 1. The lowest BCUT2D eigenvalue weighted by atomic mass is 10.0. The van der Waals surface area contributed by atoms with Gasteiger partial charge in [-0.2, -0.15) is 9.40 Å². The number of hydrogen-bond acceptors (Lipinski definition) is 5. The molecule has 0 aliphatic carbocycles. The monoisotopic (exact) mass is 389 g/mol. The molecular weight excluding hydrogens is 366 g/mol. The van der Waals surface area contributed by atoms with Crippen LogP contribution in [0, 0.1) is 13.8 Å². The third-order valence-corrected chi connectivity index (χ3v) is 7.41. The molecule has 27 heavy (non-hydrogen) atoms. The molecule has 0 spiro atoms. The highest BCUT2D eigenvalue weighted by Gasteiger charge is 2.32. The fourth-order valence-corrected chi connectivity index (χ4v) is 5.56. The molecule has 8 nitrogen and oxygen atoms in total. The van der Waals surface area contributed by atoms with Crippen molar-refractivity contribution in [2.75, 3.05) is 36.4 Å². The number of carbonyl (C=O) groups excluding carboxylic acids is 1. The third-order valence-electron chi connectivity index (χ3n) is 5.25. The standard InChI is InChI=1S/C18H23N5O3S/c1-12-18(13(2)21-20-12)27(25,26)23-9-7-22(8-10-23)15-4-5-16-14(11-15)3-6-17(24)19-16/h4-5,11H,3,6-10H2,1-2H3,(H,19,24)(H,20,21). The van der Waals surface area contributed by atoms with Crippen LogP contribution in [0.15, 0.2) is 23.1 Å². The van der Waals surface area contributed by atoms with Gasteiger partial charge in [0.15, 0.2) is 0 Å². The van der Waals surface area contributed by atoms with E-state index in [0.717, 1.165) is 23.4 Å². The predicted molar refractivity (Wildman–Crippen MR) is 102 cm³/mol. The van der Waals surface area contributed by atoms with Gasteiger partial charge in [0.2, 0.25) is 15.9 Å². The SMILES string of the molecule is Cc1n[nH]c(C)c1S(=O)(=O)N1CCN(c2ccc3c(c2)CCC(=O)N3)CC1. The van der Waals surface area contributed by atoms with Crippen molar-refractivity contribution in [1.29, 1.82) is 0 Å². The van der Waals surface area contributed by atoms with Crippen LogP contribution in [0.4, 0.5) is 11.4 Å². The van der Waals surface area contributed by atoms with Crippen molar-refractivity contribution >= 4 is 27.3 Å². The van der Waals surface area contributed by atoms with Gasteiger partial charge in [0.1, 0.15) is 4.90 Å². The molecule has 1 aromatic heterocycles. The van der Waals surface area contributed by atoms with E-state index < -0.39 is 10.0 Å². The number of aromatic amines is 1. The molecule has 1 saturated heterocycles. The van der Waals surface area contributed by atoms with Crippen LogP contribution < -0.4 is 10.2 Å². The lowest BCUT2D eigenvalue weighted by molar-refractivity contribution is -0.116. The second-order valence-electron chi connectivity index (χ2n) is 7.04. The van der Waals surface area contributed by atoms with E-state index in [-0.39, 0.29) is 5.91 Å². The molecule has 2 N–H and O–H groups in total. The zero-order valence-corrected chi connectivity index (χ0v) is 16.3. The summed E-state index contributed by atoms with van der Waals surface area (Å²) in [5.74, 6) is 0.0545. The third kappa shape index (κ3) is 3.21. The van der Waals surface area contributed by atoms with Crippen LogP contribution in [-0.4, -0.2) is 55.0 Å². The minimum atomic E-state index is -3.54. The molecule has 3 heterocycles. The van der Waals surface area contributed by atoms with Crippen LogP contribution >= 0.6 is 0 Å². The van der Waals surface area contributed by atoms with E-state index in [1.807, 2.05) is 12.1 Å². The minimum Gasteiger partial charge on any atom is -0.369 e. The van der Waals surface area contributed by atoms with Crippen LogP contribution in [0.5, 0.6) is 0 Å². The van der Waals surface area contributed by atoms with Crippen molar-refractivity contribution in [3.63, 3.8) is 0 Å². The van der Waals surface area contributed by atoms with Gasteiger partial charge in [-0.05, 0) is 44.0 Å². The Balaban J connectivity index is 1.49. The molecule has 144 valence electrons. The number of fused-ring (bicyclic) bond motifs is 1. The summed E-state index contributed by atoms with van der Waals surface area (Å²) in [6.45, 7) is 5.55. The van der Waals surface area contributed by atoms with E-state index in [2.05, 4.69) is 26.5 Å². The Labute approximate surface area is 158 Å². The number of rotatable bonds is 3. The molecule has 2 aliphatic heterocycles. The van der Waals surface area contributed by atoms with Crippen molar-refractivity contribution in [2.24, 2.45) is 0 Å². The Morgan fingerprint density at radius 3 is 2.48 bits per heavy atom. The van der Waals surface area contributed by atoms with Gasteiger partial charge in [-0.25, -0.2) is 8.42 Å². The van der Waals surface area contributed by atoms with E-state index in [1.165, 1.54) is 4.31 Å². The zero-order valence-electron chi connectivity index (χ0n) is 15.4. The fourth-order valence-electron chi connectivity index (χ4n) is 3.80. The molecule has 1 amide bonds. The first kappa shape index (κ1) is 18.0. The van der Waals surface area contributed by atoms with Gasteiger partial charge in [0.05, 0.1) is 11.4 Å². The molecule has 1 aromatic carbocycles. The smallest absolute Gasteiger partial charge is 0.246 e. The summed E-state index contributed by atoms with van der Waals surface area (Å²) in [7, 11) is -3.54. The average Bonchev–Trinajstić information content (AvgIpc) is 3.00. The van der Waals surface area contributed by atoms with Crippen LogP contribution in [0.2, 0.25) is 0 Å². The number of benzene rings is 1. The number of aryl methyl sites for hydroxylation is 3. The van der Waals surface area contributed by atoms with Gasteiger partial charge in [-0.3, -0.25) is 9.89 Å². The van der Waals surface area contributed by atoms with Crippen molar-refractivity contribution in [3.05, 3.63) is 35.2 Å². The lowest BCUT2D eigenvalue weighted by Gasteiger charge is -2.36. The van der Waals surface area contributed by atoms with Gasteiger partial charge in [0.25, 0.3) is 0 Å². The Morgan fingerprint density at radius 2 is 1.81 bits per heavy atom. The number of aromatic nitrogens is 2. The topological polar surface area (TPSA) is 98.4 Å². The Hall–Kier alpha value is -2.39. The number of piperazine rings is 1. The number of carbonyl (C=O) groups is 1. The van der Waals surface area contributed by atoms with Gasteiger partial charge < -0.3 is 10.2 Å². The summed E-state index contributed by atoms with van der Waals surface area (Å²) < 4.78 is 27.5. The Morgan fingerprint density at radius 1 is 1.07 bits per heavy atom. The number of nitrogens with zero attached hydrogens (tertiary/aromatic N) is 3.